The molecule has 19 heavy (non-hydrogen) atoms. The molecule has 0 aromatic carbocycles. The van der Waals surface area contributed by atoms with Crippen LogP contribution in [0.3, 0.4) is 0 Å². The minimum Gasteiger partial charge on any atom is -0.365 e. The van der Waals surface area contributed by atoms with Crippen LogP contribution in [-0.4, -0.2) is 28.3 Å². The summed E-state index contributed by atoms with van der Waals surface area (Å²) in [6.45, 7) is 4.66. The monoisotopic (exact) mass is 283 g/mol. The largest absolute Gasteiger partial charge is 0.365 e. The Hall–Kier alpha value is -1.01. The van der Waals surface area contributed by atoms with E-state index in [-0.39, 0.29) is 5.91 Å². The van der Waals surface area contributed by atoms with Gasteiger partial charge < -0.3 is 4.74 Å². The van der Waals surface area contributed by atoms with Gasteiger partial charge in [-0.15, -0.1) is 10.2 Å². The molecule has 0 bridgehead atoms. The summed E-state index contributed by atoms with van der Waals surface area (Å²) in [4.78, 5) is 12.1. The van der Waals surface area contributed by atoms with E-state index in [0.717, 1.165) is 30.7 Å². The van der Waals surface area contributed by atoms with Crippen LogP contribution >= 0.6 is 11.3 Å². The number of anilines is 1. The van der Waals surface area contributed by atoms with E-state index in [1.165, 1.54) is 24.2 Å². The molecule has 1 fully saturated rings. The van der Waals surface area contributed by atoms with Crippen LogP contribution in [0.25, 0.3) is 0 Å². The molecule has 1 N–H and O–H groups in total. The first kappa shape index (κ1) is 14.4. The molecule has 106 valence electrons. The normalized spacial score (nSPS) is 22.6. The molecular weight excluding hydrogens is 262 g/mol. The SMILES string of the molecule is CCCCCc1nnc(NC(=O)C2(C)CCCO2)s1. The van der Waals surface area contributed by atoms with E-state index < -0.39 is 5.60 Å². The van der Waals surface area contributed by atoms with Gasteiger partial charge in [-0.2, -0.15) is 0 Å². The Bertz CT molecular complexity index is 427. The summed E-state index contributed by atoms with van der Waals surface area (Å²) in [5.41, 5.74) is -0.700. The van der Waals surface area contributed by atoms with Gasteiger partial charge in [0.25, 0.3) is 5.91 Å². The van der Waals surface area contributed by atoms with Crippen LogP contribution in [0.4, 0.5) is 5.13 Å². The molecule has 1 aromatic rings. The van der Waals surface area contributed by atoms with Crippen molar-refractivity contribution in [1.82, 2.24) is 10.2 Å². The van der Waals surface area contributed by atoms with Crippen molar-refractivity contribution in [2.45, 2.75) is 58.0 Å². The first-order chi connectivity index (χ1) is 9.14. The Kier molecular flexibility index (Phi) is 4.87. The van der Waals surface area contributed by atoms with E-state index >= 15 is 0 Å². The zero-order valence-corrected chi connectivity index (χ0v) is 12.4. The number of unbranched alkanes of at least 4 members (excludes halogenated alkanes) is 2. The van der Waals surface area contributed by atoms with Crippen LogP contribution in [0.15, 0.2) is 0 Å². The van der Waals surface area contributed by atoms with E-state index in [2.05, 4.69) is 22.4 Å². The number of aryl methyl sites for hydroxylation is 1. The summed E-state index contributed by atoms with van der Waals surface area (Å²) in [5.74, 6) is -0.110. The van der Waals surface area contributed by atoms with E-state index in [4.69, 9.17) is 4.74 Å². The number of rotatable bonds is 6. The molecule has 0 spiro atoms. The van der Waals surface area contributed by atoms with Gasteiger partial charge in [0.05, 0.1) is 0 Å². The molecule has 2 rings (SSSR count). The third-order valence-corrected chi connectivity index (χ3v) is 4.28. The van der Waals surface area contributed by atoms with Crippen molar-refractivity contribution >= 4 is 22.4 Å². The van der Waals surface area contributed by atoms with Gasteiger partial charge in [0.2, 0.25) is 5.13 Å². The fourth-order valence-electron chi connectivity index (χ4n) is 2.12. The average Bonchev–Trinajstić information content (AvgIpc) is 3.00. The molecule has 1 unspecified atom stereocenters. The first-order valence-corrected chi connectivity index (χ1v) is 7.73. The van der Waals surface area contributed by atoms with Crippen LogP contribution in [-0.2, 0) is 16.0 Å². The highest BCUT2D eigenvalue weighted by atomic mass is 32.1. The Morgan fingerprint density at radius 3 is 3.00 bits per heavy atom. The lowest BCUT2D eigenvalue weighted by Gasteiger charge is -2.20. The highest BCUT2D eigenvalue weighted by molar-refractivity contribution is 7.15. The number of carbonyl (C=O) groups excluding carboxylic acids is 1. The number of nitrogens with one attached hydrogen (secondary N) is 1. The van der Waals surface area contributed by atoms with Crippen LogP contribution in [0.1, 0.15) is 51.0 Å². The van der Waals surface area contributed by atoms with Gasteiger partial charge in [-0.3, -0.25) is 10.1 Å². The number of nitrogens with zero attached hydrogens (tertiary/aromatic N) is 2. The summed E-state index contributed by atoms with van der Waals surface area (Å²) < 4.78 is 5.51. The number of hydrogen-bond donors (Lipinski definition) is 1. The first-order valence-electron chi connectivity index (χ1n) is 6.92. The fraction of sp³-hybridized carbons (Fsp3) is 0.769. The maximum absolute atomic E-state index is 12.1. The molecular formula is C13H21N3O2S. The van der Waals surface area contributed by atoms with Gasteiger partial charge in [-0.1, -0.05) is 31.1 Å². The Morgan fingerprint density at radius 1 is 1.47 bits per heavy atom. The van der Waals surface area contributed by atoms with Crippen molar-refractivity contribution in [3.8, 4) is 0 Å². The molecule has 6 heteroatoms. The number of amides is 1. The molecule has 0 radical (unpaired) electrons. The van der Waals surface area contributed by atoms with Crippen molar-refractivity contribution in [1.29, 1.82) is 0 Å². The minimum atomic E-state index is -0.700. The summed E-state index contributed by atoms with van der Waals surface area (Å²) >= 11 is 1.46. The number of carbonyl (C=O) groups is 1. The summed E-state index contributed by atoms with van der Waals surface area (Å²) in [5, 5.41) is 12.5. The molecule has 1 amide bonds. The lowest BCUT2D eigenvalue weighted by Crippen LogP contribution is -2.39. The highest BCUT2D eigenvalue weighted by Gasteiger charge is 2.38. The molecule has 0 saturated carbocycles. The standard InChI is InChI=1S/C13H21N3O2S/c1-3-4-5-7-10-15-16-12(19-10)14-11(17)13(2)8-6-9-18-13/h3-9H2,1-2H3,(H,14,16,17). The van der Waals surface area contributed by atoms with Crippen molar-refractivity contribution < 1.29 is 9.53 Å². The quantitative estimate of drug-likeness (QED) is 0.815. The fourth-order valence-corrected chi connectivity index (χ4v) is 2.90. The van der Waals surface area contributed by atoms with Crippen molar-refractivity contribution in [2.24, 2.45) is 0 Å². The molecule has 1 aliphatic heterocycles. The Morgan fingerprint density at radius 2 is 2.32 bits per heavy atom. The van der Waals surface area contributed by atoms with Crippen molar-refractivity contribution in [2.75, 3.05) is 11.9 Å². The maximum Gasteiger partial charge on any atom is 0.258 e. The van der Waals surface area contributed by atoms with Gasteiger partial charge >= 0.3 is 0 Å². The van der Waals surface area contributed by atoms with Gasteiger partial charge in [0.1, 0.15) is 10.6 Å². The van der Waals surface area contributed by atoms with Gasteiger partial charge in [0, 0.05) is 13.0 Å². The zero-order valence-electron chi connectivity index (χ0n) is 11.6. The lowest BCUT2D eigenvalue weighted by molar-refractivity contribution is -0.133. The van der Waals surface area contributed by atoms with E-state index in [0.29, 0.717) is 11.7 Å². The predicted octanol–water partition coefficient (Wildman–Crippen LogP) is 2.78. The number of ether oxygens (including phenoxy) is 1. The van der Waals surface area contributed by atoms with E-state index in [1.54, 1.807) is 0 Å². The van der Waals surface area contributed by atoms with Gasteiger partial charge in [0.15, 0.2) is 0 Å². The van der Waals surface area contributed by atoms with Crippen molar-refractivity contribution in [3.63, 3.8) is 0 Å². The maximum atomic E-state index is 12.1. The predicted molar refractivity (Wildman–Crippen MR) is 75.4 cm³/mol. The van der Waals surface area contributed by atoms with Crippen molar-refractivity contribution in [3.05, 3.63) is 5.01 Å². The van der Waals surface area contributed by atoms with Crippen LogP contribution in [0.5, 0.6) is 0 Å². The Labute approximate surface area is 117 Å². The topological polar surface area (TPSA) is 64.1 Å². The second-order valence-corrected chi connectivity index (χ2v) is 6.16. The number of hydrogen-bond acceptors (Lipinski definition) is 5. The minimum absolute atomic E-state index is 0.110. The molecule has 2 heterocycles. The van der Waals surface area contributed by atoms with Gasteiger partial charge in [-0.25, -0.2) is 0 Å². The van der Waals surface area contributed by atoms with E-state index in [9.17, 15) is 4.79 Å². The second-order valence-electron chi connectivity index (χ2n) is 5.10. The third-order valence-electron chi connectivity index (χ3n) is 3.38. The highest BCUT2D eigenvalue weighted by Crippen LogP contribution is 2.27. The van der Waals surface area contributed by atoms with Crippen LogP contribution < -0.4 is 5.32 Å². The molecule has 1 aliphatic rings. The zero-order chi connectivity index (χ0) is 13.7. The molecule has 1 saturated heterocycles. The Balaban J connectivity index is 1.87. The summed E-state index contributed by atoms with van der Waals surface area (Å²) in [7, 11) is 0. The summed E-state index contributed by atoms with van der Waals surface area (Å²) in [6.07, 6.45) is 6.16. The molecule has 0 aliphatic carbocycles. The molecule has 5 nitrogen and oxygen atoms in total. The smallest absolute Gasteiger partial charge is 0.258 e. The summed E-state index contributed by atoms with van der Waals surface area (Å²) in [6, 6.07) is 0. The van der Waals surface area contributed by atoms with Gasteiger partial charge in [-0.05, 0) is 26.2 Å². The van der Waals surface area contributed by atoms with Crippen LogP contribution in [0.2, 0.25) is 0 Å². The van der Waals surface area contributed by atoms with E-state index in [1.807, 2.05) is 6.92 Å². The van der Waals surface area contributed by atoms with Crippen LogP contribution in [0, 0.1) is 0 Å². The average molecular weight is 283 g/mol. The lowest BCUT2D eigenvalue weighted by atomic mass is 10.0. The third kappa shape index (κ3) is 3.73. The molecule has 1 atom stereocenters. The number of aromatic nitrogens is 2. The molecule has 1 aromatic heterocycles. The second kappa shape index (κ2) is 6.43.